The van der Waals surface area contributed by atoms with Gasteiger partial charge in [-0.3, -0.25) is 0 Å². The van der Waals surface area contributed by atoms with Gasteiger partial charge in [0, 0.05) is 24.6 Å². The van der Waals surface area contributed by atoms with E-state index in [1.54, 1.807) is 0 Å². The largest absolute Gasteiger partial charge is 0.488 e. The van der Waals surface area contributed by atoms with Gasteiger partial charge in [-0.05, 0) is 59.3 Å². The summed E-state index contributed by atoms with van der Waals surface area (Å²) in [5, 5.41) is 3.52. The molecule has 0 bridgehead atoms. The monoisotopic (exact) mass is 360 g/mol. The molecule has 0 amide bonds. The summed E-state index contributed by atoms with van der Waals surface area (Å²) in [6.45, 7) is 8.04. The van der Waals surface area contributed by atoms with Crippen LogP contribution in [0.2, 0.25) is 0 Å². The Morgan fingerprint density at radius 2 is 2.15 bits per heavy atom. The smallest absolute Gasteiger partial charge is 0.167 e. The third kappa shape index (κ3) is 3.32. The maximum Gasteiger partial charge on any atom is 0.167 e. The molecule has 0 aromatic heterocycles. The molecule has 1 aromatic rings. The fourth-order valence-corrected chi connectivity index (χ4v) is 4.64. The maximum atomic E-state index is 6.67. The lowest BCUT2D eigenvalue weighted by atomic mass is 9.71. The first-order chi connectivity index (χ1) is 12.5. The first kappa shape index (κ1) is 18.1. The number of piperidine rings is 1. The van der Waals surface area contributed by atoms with E-state index in [0.29, 0.717) is 24.5 Å². The molecule has 3 aliphatic heterocycles. The van der Waals surface area contributed by atoms with Crippen LogP contribution in [-0.2, 0) is 4.74 Å². The van der Waals surface area contributed by atoms with Crippen molar-refractivity contribution < 1.29 is 14.2 Å². The number of nitrogens with one attached hydrogen (secondary N) is 1. The number of ether oxygens (including phenoxy) is 3. The Morgan fingerprint density at radius 3 is 2.96 bits per heavy atom. The van der Waals surface area contributed by atoms with Crippen LogP contribution in [0.4, 0.5) is 0 Å². The third-order valence-electron chi connectivity index (χ3n) is 6.15. The van der Waals surface area contributed by atoms with Crippen LogP contribution >= 0.6 is 0 Å². The fourth-order valence-electron chi connectivity index (χ4n) is 4.64. The van der Waals surface area contributed by atoms with Crippen LogP contribution < -0.4 is 14.8 Å². The van der Waals surface area contributed by atoms with E-state index in [2.05, 4.69) is 50.3 Å². The summed E-state index contributed by atoms with van der Waals surface area (Å²) >= 11 is 0. The van der Waals surface area contributed by atoms with Gasteiger partial charge in [0.2, 0.25) is 0 Å². The van der Waals surface area contributed by atoms with E-state index in [0.717, 1.165) is 49.5 Å². The number of hydrogen-bond donors (Lipinski definition) is 1. The molecule has 0 radical (unpaired) electrons. The van der Waals surface area contributed by atoms with E-state index >= 15 is 0 Å². The summed E-state index contributed by atoms with van der Waals surface area (Å²) in [5.74, 6) is 2.68. The Bertz CT molecular complexity index is 646. The van der Waals surface area contributed by atoms with Gasteiger partial charge in [-0.1, -0.05) is 12.1 Å². The van der Waals surface area contributed by atoms with Crippen molar-refractivity contribution in [1.82, 2.24) is 10.2 Å². The Balaban J connectivity index is 1.62. The van der Waals surface area contributed by atoms with Crippen molar-refractivity contribution in [3.05, 3.63) is 23.8 Å². The summed E-state index contributed by atoms with van der Waals surface area (Å²) < 4.78 is 19.3. The predicted octanol–water partition coefficient (Wildman–Crippen LogP) is 2.85. The minimum atomic E-state index is -0.263. The molecule has 0 aliphatic carbocycles. The standard InChI is InChI=1S/C21H32N2O3/c1-21(2)16-12-14-13-22-9-8-17(14)25-19(16)15-6-5-7-18(20(15)26-21)24-11-10-23(3)4/h5-7,14,16-17,19,22H,8-13H2,1-4H3/t14-,16-,17-,19+/m0/s1. The van der Waals surface area contributed by atoms with Crippen LogP contribution in [0.5, 0.6) is 11.5 Å². The van der Waals surface area contributed by atoms with E-state index in [1.165, 1.54) is 0 Å². The first-order valence-corrected chi connectivity index (χ1v) is 9.91. The van der Waals surface area contributed by atoms with Gasteiger partial charge in [-0.15, -0.1) is 0 Å². The van der Waals surface area contributed by atoms with Crippen LogP contribution in [0, 0.1) is 11.8 Å². The van der Waals surface area contributed by atoms with Crippen molar-refractivity contribution in [3.8, 4) is 11.5 Å². The lowest BCUT2D eigenvalue weighted by Crippen LogP contribution is -2.54. The number of nitrogens with zero attached hydrogens (tertiary/aromatic N) is 1. The summed E-state index contributed by atoms with van der Waals surface area (Å²) in [5.41, 5.74) is 0.898. The highest BCUT2D eigenvalue weighted by molar-refractivity contribution is 5.50. The highest BCUT2D eigenvalue weighted by Gasteiger charge is 2.51. The predicted molar refractivity (Wildman–Crippen MR) is 102 cm³/mol. The molecule has 26 heavy (non-hydrogen) atoms. The molecule has 2 saturated heterocycles. The lowest BCUT2D eigenvalue weighted by molar-refractivity contribution is -0.178. The van der Waals surface area contributed by atoms with E-state index < -0.39 is 0 Å². The molecule has 0 spiro atoms. The minimum absolute atomic E-state index is 0.102. The first-order valence-electron chi connectivity index (χ1n) is 9.91. The summed E-state index contributed by atoms with van der Waals surface area (Å²) in [6.07, 6.45) is 2.72. The number of benzene rings is 1. The maximum absolute atomic E-state index is 6.67. The quantitative estimate of drug-likeness (QED) is 0.894. The molecule has 144 valence electrons. The van der Waals surface area contributed by atoms with E-state index in [4.69, 9.17) is 14.2 Å². The van der Waals surface area contributed by atoms with Gasteiger partial charge in [0.15, 0.2) is 11.5 Å². The zero-order chi connectivity index (χ0) is 18.3. The van der Waals surface area contributed by atoms with Crippen molar-refractivity contribution in [2.24, 2.45) is 11.8 Å². The second-order valence-electron chi connectivity index (χ2n) is 8.72. The van der Waals surface area contributed by atoms with E-state index in [-0.39, 0.29) is 11.7 Å². The molecule has 0 unspecified atom stereocenters. The molecule has 4 rings (SSSR count). The highest BCUT2D eigenvalue weighted by atomic mass is 16.5. The Morgan fingerprint density at radius 1 is 1.31 bits per heavy atom. The van der Waals surface area contributed by atoms with Gasteiger partial charge in [0.25, 0.3) is 0 Å². The molecule has 5 nitrogen and oxygen atoms in total. The zero-order valence-electron chi connectivity index (χ0n) is 16.5. The molecular formula is C21H32N2O3. The third-order valence-corrected chi connectivity index (χ3v) is 6.15. The number of likely N-dealkylation sites (N-methyl/N-ethyl adjacent to an activating group) is 1. The molecule has 1 aromatic carbocycles. The van der Waals surface area contributed by atoms with Gasteiger partial charge in [-0.25, -0.2) is 0 Å². The van der Waals surface area contributed by atoms with Crippen LogP contribution in [-0.4, -0.2) is 56.9 Å². The summed E-state index contributed by atoms with van der Waals surface area (Å²) in [4.78, 5) is 2.12. The minimum Gasteiger partial charge on any atom is -0.488 e. The number of para-hydroxylation sites is 1. The van der Waals surface area contributed by atoms with Gasteiger partial charge < -0.3 is 24.4 Å². The van der Waals surface area contributed by atoms with Crippen molar-refractivity contribution in [2.75, 3.05) is 40.3 Å². The van der Waals surface area contributed by atoms with Crippen molar-refractivity contribution in [3.63, 3.8) is 0 Å². The second kappa shape index (κ2) is 7.02. The Kier molecular flexibility index (Phi) is 4.88. The molecule has 1 N–H and O–H groups in total. The molecular weight excluding hydrogens is 328 g/mol. The van der Waals surface area contributed by atoms with Gasteiger partial charge in [0.05, 0.1) is 12.2 Å². The van der Waals surface area contributed by atoms with Crippen LogP contribution in [0.25, 0.3) is 0 Å². The van der Waals surface area contributed by atoms with Gasteiger partial charge in [-0.2, -0.15) is 0 Å². The molecule has 4 atom stereocenters. The van der Waals surface area contributed by atoms with Crippen molar-refractivity contribution >= 4 is 0 Å². The average Bonchev–Trinajstić information content (AvgIpc) is 2.60. The molecule has 0 saturated carbocycles. The number of rotatable bonds is 4. The normalized spacial score (nSPS) is 32.2. The van der Waals surface area contributed by atoms with Crippen LogP contribution in [0.3, 0.4) is 0 Å². The van der Waals surface area contributed by atoms with Gasteiger partial charge in [0.1, 0.15) is 12.2 Å². The molecule has 3 aliphatic rings. The summed E-state index contributed by atoms with van der Waals surface area (Å²) in [7, 11) is 4.11. The molecule has 3 heterocycles. The number of hydrogen-bond acceptors (Lipinski definition) is 5. The Labute approximate surface area is 157 Å². The lowest BCUT2D eigenvalue weighted by Gasteiger charge is -2.52. The van der Waals surface area contributed by atoms with Gasteiger partial charge >= 0.3 is 0 Å². The second-order valence-corrected chi connectivity index (χ2v) is 8.72. The topological polar surface area (TPSA) is 43.0 Å². The zero-order valence-corrected chi connectivity index (χ0v) is 16.5. The number of fused-ring (bicyclic) bond motifs is 4. The average molecular weight is 360 g/mol. The van der Waals surface area contributed by atoms with Crippen molar-refractivity contribution in [2.45, 2.75) is 44.5 Å². The fraction of sp³-hybridized carbons (Fsp3) is 0.714. The summed E-state index contributed by atoms with van der Waals surface area (Å²) in [6, 6.07) is 6.24. The van der Waals surface area contributed by atoms with E-state index in [9.17, 15) is 0 Å². The highest BCUT2D eigenvalue weighted by Crippen LogP contribution is 2.54. The van der Waals surface area contributed by atoms with Crippen LogP contribution in [0.15, 0.2) is 18.2 Å². The SMILES string of the molecule is CN(C)CCOc1cccc2c1OC(C)(C)[C@H]1C[C@H]3CNCC[C@@H]3O[C@H]21. The van der Waals surface area contributed by atoms with Crippen molar-refractivity contribution in [1.29, 1.82) is 0 Å². The molecule has 2 fully saturated rings. The Hall–Kier alpha value is -1.30. The van der Waals surface area contributed by atoms with Crippen LogP contribution in [0.1, 0.15) is 38.4 Å². The molecule has 5 heteroatoms. The van der Waals surface area contributed by atoms with E-state index in [1.807, 2.05) is 6.07 Å².